The minimum absolute atomic E-state index is 0.0825. The zero-order valence-electron chi connectivity index (χ0n) is 9.01. The van der Waals surface area contributed by atoms with Crippen LogP contribution >= 0.6 is 0 Å². The lowest BCUT2D eigenvalue weighted by Crippen LogP contribution is -2.18. The third kappa shape index (κ3) is 3.49. The molecule has 1 atom stereocenters. The Bertz CT molecular complexity index is 196. The second-order valence-corrected chi connectivity index (χ2v) is 4.33. The zero-order valence-corrected chi connectivity index (χ0v) is 9.01. The first kappa shape index (κ1) is 10.7. The van der Waals surface area contributed by atoms with E-state index in [1.807, 2.05) is 0 Å². The van der Waals surface area contributed by atoms with Gasteiger partial charge in [0.05, 0.1) is 6.10 Å². The Balaban J connectivity index is 2.45. The molecule has 1 N–H and O–H groups in total. The first-order chi connectivity index (χ1) is 6.09. The Morgan fingerprint density at radius 1 is 1.46 bits per heavy atom. The van der Waals surface area contributed by atoms with Gasteiger partial charge in [-0.15, -0.1) is 0 Å². The van der Waals surface area contributed by atoms with Crippen LogP contribution in [0.4, 0.5) is 0 Å². The Labute approximate surface area is 81.2 Å². The minimum Gasteiger partial charge on any atom is -0.393 e. The lowest BCUT2D eigenvalue weighted by atomic mass is 9.89. The lowest BCUT2D eigenvalue weighted by Gasteiger charge is -2.23. The van der Waals surface area contributed by atoms with E-state index in [-0.39, 0.29) is 6.10 Å². The Morgan fingerprint density at radius 2 is 2.15 bits per heavy atom. The fourth-order valence-electron chi connectivity index (χ4n) is 1.79. The van der Waals surface area contributed by atoms with Crippen LogP contribution in [-0.4, -0.2) is 36.8 Å². The zero-order chi connectivity index (χ0) is 9.84. The van der Waals surface area contributed by atoms with Gasteiger partial charge in [-0.1, -0.05) is 11.1 Å². The van der Waals surface area contributed by atoms with Crippen LogP contribution in [0.2, 0.25) is 0 Å². The van der Waals surface area contributed by atoms with Gasteiger partial charge in [-0.3, -0.25) is 0 Å². The molecule has 1 rings (SSSR count). The van der Waals surface area contributed by atoms with Crippen molar-refractivity contribution in [3.8, 4) is 0 Å². The van der Waals surface area contributed by atoms with Gasteiger partial charge in [-0.2, -0.15) is 0 Å². The summed E-state index contributed by atoms with van der Waals surface area (Å²) >= 11 is 0. The van der Waals surface area contributed by atoms with Crippen molar-refractivity contribution in [2.75, 3.05) is 20.6 Å². The number of nitrogens with zero attached hydrogens (tertiary/aromatic N) is 1. The number of aliphatic hydroxyl groups is 1. The van der Waals surface area contributed by atoms with E-state index in [1.54, 1.807) is 0 Å². The molecule has 2 nitrogen and oxygen atoms in total. The molecule has 2 heteroatoms. The van der Waals surface area contributed by atoms with Crippen molar-refractivity contribution in [1.82, 2.24) is 4.90 Å². The molecule has 1 aliphatic carbocycles. The minimum atomic E-state index is -0.0825. The van der Waals surface area contributed by atoms with Crippen LogP contribution in [0.3, 0.4) is 0 Å². The summed E-state index contributed by atoms with van der Waals surface area (Å²) in [6, 6.07) is 0. The molecular formula is C11H21NO. The Morgan fingerprint density at radius 3 is 2.77 bits per heavy atom. The molecule has 0 spiro atoms. The number of aliphatic hydroxyl groups excluding tert-OH is 1. The summed E-state index contributed by atoms with van der Waals surface area (Å²) in [5.41, 5.74) is 2.99. The van der Waals surface area contributed by atoms with Gasteiger partial charge in [0.1, 0.15) is 0 Å². The molecular weight excluding hydrogens is 162 g/mol. The van der Waals surface area contributed by atoms with Crippen LogP contribution in [-0.2, 0) is 0 Å². The van der Waals surface area contributed by atoms with Crippen LogP contribution in [0.5, 0.6) is 0 Å². The average Bonchev–Trinajstić information content (AvgIpc) is 2.06. The number of hydrogen-bond donors (Lipinski definition) is 1. The molecule has 0 aromatic carbocycles. The largest absolute Gasteiger partial charge is 0.393 e. The summed E-state index contributed by atoms with van der Waals surface area (Å²) in [4.78, 5) is 2.20. The molecule has 13 heavy (non-hydrogen) atoms. The maximum absolute atomic E-state index is 9.51. The number of hydrogen-bond acceptors (Lipinski definition) is 2. The molecule has 0 fully saturated rings. The summed E-state index contributed by atoms with van der Waals surface area (Å²) in [5.74, 6) is 0. The summed E-state index contributed by atoms with van der Waals surface area (Å²) in [6.45, 7) is 3.30. The van der Waals surface area contributed by atoms with Crippen LogP contribution < -0.4 is 0 Å². The summed E-state index contributed by atoms with van der Waals surface area (Å²) in [6.07, 6.45) is 3.98. The molecule has 0 aliphatic heterocycles. The van der Waals surface area contributed by atoms with Crippen LogP contribution in [0, 0.1) is 0 Å². The van der Waals surface area contributed by atoms with Gasteiger partial charge in [0.25, 0.3) is 0 Å². The molecule has 1 unspecified atom stereocenters. The Hall–Kier alpha value is -0.340. The highest BCUT2D eigenvalue weighted by molar-refractivity contribution is 5.16. The van der Waals surface area contributed by atoms with E-state index in [9.17, 15) is 5.11 Å². The van der Waals surface area contributed by atoms with Crippen LogP contribution in [0.1, 0.15) is 32.6 Å². The van der Waals surface area contributed by atoms with Crippen molar-refractivity contribution in [1.29, 1.82) is 0 Å². The highest BCUT2D eigenvalue weighted by Gasteiger charge is 2.16. The van der Waals surface area contributed by atoms with Gasteiger partial charge in [0, 0.05) is 6.54 Å². The molecule has 0 saturated carbocycles. The summed E-state index contributed by atoms with van der Waals surface area (Å²) < 4.78 is 0. The van der Waals surface area contributed by atoms with E-state index >= 15 is 0 Å². The van der Waals surface area contributed by atoms with Crippen molar-refractivity contribution in [2.24, 2.45) is 0 Å². The second-order valence-electron chi connectivity index (χ2n) is 4.33. The fraction of sp³-hybridized carbons (Fsp3) is 0.818. The van der Waals surface area contributed by atoms with E-state index < -0.39 is 0 Å². The topological polar surface area (TPSA) is 23.5 Å². The quantitative estimate of drug-likeness (QED) is 0.674. The second kappa shape index (κ2) is 4.77. The van der Waals surface area contributed by atoms with Crippen LogP contribution in [0.25, 0.3) is 0 Å². The number of allylic oxidation sites excluding steroid dienone is 1. The number of rotatable bonds is 3. The average molecular weight is 183 g/mol. The molecule has 0 saturated heterocycles. The van der Waals surface area contributed by atoms with Gasteiger partial charge in [0.2, 0.25) is 0 Å². The molecule has 1 aliphatic rings. The van der Waals surface area contributed by atoms with Crippen molar-refractivity contribution in [3.63, 3.8) is 0 Å². The van der Waals surface area contributed by atoms with E-state index in [4.69, 9.17) is 0 Å². The molecule has 0 bridgehead atoms. The molecule has 0 aromatic heterocycles. The SMILES string of the molecule is CC1=C(CCN(C)C)CC(O)CC1. The first-order valence-corrected chi connectivity index (χ1v) is 5.10. The maximum atomic E-state index is 9.51. The molecule has 0 radical (unpaired) electrons. The highest BCUT2D eigenvalue weighted by Crippen LogP contribution is 2.26. The predicted octanol–water partition coefficient (Wildman–Crippen LogP) is 1.80. The standard InChI is InChI=1S/C11H21NO/c1-9-4-5-11(13)8-10(9)6-7-12(2)3/h11,13H,4-8H2,1-3H3. The summed E-state index contributed by atoms with van der Waals surface area (Å²) in [7, 11) is 4.18. The van der Waals surface area contributed by atoms with Gasteiger partial charge in [-0.25, -0.2) is 0 Å². The normalized spacial score (nSPS) is 24.2. The van der Waals surface area contributed by atoms with Crippen molar-refractivity contribution < 1.29 is 5.11 Å². The third-order valence-electron chi connectivity index (χ3n) is 2.80. The predicted molar refractivity (Wildman–Crippen MR) is 55.7 cm³/mol. The van der Waals surface area contributed by atoms with Gasteiger partial charge < -0.3 is 10.0 Å². The molecule has 76 valence electrons. The summed E-state index contributed by atoms with van der Waals surface area (Å²) in [5, 5.41) is 9.51. The molecule has 0 aromatic rings. The van der Waals surface area contributed by atoms with Crippen LogP contribution in [0.15, 0.2) is 11.1 Å². The van der Waals surface area contributed by atoms with E-state index in [2.05, 4.69) is 25.9 Å². The fourth-order valence-corrected chi connectivity index (χ4v) is 1.79. The van der Waals surface area contributed by atoms with Gasteiger partial charge >= 0.3 is 0 Å². The maximum Gasteiger partial charge on any atom is 0.0580 e. The van der Waals surface area contributed by atoms with Gasteiger partial charge in [0.15, 0.2) is 0 Å². The smallest absolute Gasteiger partial charge is 0.0580 e. The monoisotopic (exact) mass is 183 g/mol. The van der Waals surface area contributed by atoms with Crippen molar-refractivity contribution in [3.05, 3.63) is 11.1 Å². The molecule has 0 amide bonds. The molecule has 0 heterocycles. The van der Waals surface area contributed by atoms with Gasteiger partial charge in [-0.05, 0) is 46.7 Å². The van der Waals surface area contributed by atoms with Crippen molar-refractivity contribution >= 4 is 0 Å². The Kier molecular flexibility index (Phi) is 3.94. The van der Waals surface area contributed by atoms with Crippen molar-refractivity contribution in [2.45, 2.75) is 38.7 Å². The highest BCUT2D eigenvalue weighted by atomic mass is 16.3. The third-order valence-corrected chi connectivity index (χ3v) is 2.80. The van der Waals surface area contributed by atoms with E-state index in [1.165, 1.54) is 11.1 Å². The lowest BCUT2D eigenvalue weighted by molar-refractivity contribution is 0.156. The van der Waals surface area contributed by atoms with E-state index in [0.29, 0.717) is 0 Å². The first-order valence-electron chi connectivity index (χ1n) is 5.10. The van der Waals surface area contributed by atoms with E-state index in [0.717, 1.165) is 32.2 Å².